The minimum Gasteiger partial charge on any atom is -0.377 e. The molecule has 3 aliphatic rings. The number of fused-ring (bicyclic) bond motifs is 2. The lowest BCUT2D eigenvalue weighted by Crippen LogP contribution is -2.38. The van der Waals surface area contributed by atoms with Gasteiger partial charge < -0.3 is 24.8 Å². The first-order chi connectivity index (χ1) is 25.3. The van der Waals surface area contributed by atoms with Gasteiger partial charge in [-0.05, 0) is 83.8 Å². The van der Waals surface area contributed by atoms with Gasteiger partial charge >= 0.3 is 0 Å². The topological polar surface area (TPSA) is 90.6 Å². The van der Waals surface area contributed by atoms with E-state index in [2.05, 4.69) is 75.7 Å². The van der Waals surface area contributed by atoms with Gasteiger partial charge in [0.15, 0.2) is 11.6 Å². The van der Waals surface area contributed by atoms with Crippen molar-refractivity contribution in [2.24, 2.45) is 11.8 Å². The number of halogens is 2. The zero-order chi connectivity index (χ0) is 35.9. The van der Waals surface area contributed by atoms with Gasteiger partial charge in [-0.3, -0.25) is 9.59 Å². The Kier molecular flexibility index (Phi) is 9.38. The highest BCUT2D eigenvalue weighted by Gasteiger charge is 2.40. The molecule has 2 unspecified atom stereocenters. The summed E-state index contributed by atoms with van der Waals surface area (Å²) in [6.45, 7) is 3.68. The third-order valence-electron chi connectivity index (χ3n) is 10.5. The number of aromatic amines is 1. The molecule has 2 aromatic heterocycles. The average Bonchev–Trinajstić information content (AvgIpc) is 3.45. The highest BCUT2D eigenvalue weighted by atomic mass is 35.5. The summed E-state index contributed by atoms with van der Waals surface area (Å²) in [4.78, 5) is 39.9. The zero-order valence-corrected chi connectivity index (χ0v) is 30.5. The Morgan fingerprint density at radius 3 is 2.50 bits per heavy atom. The van der Waals surface area contributed by atoms with Crippen LogP contribution in [0.5, 0.6) is 0 Å². The molecular weight excluding hydrogens is 693 g/mol. The van der Waals surface area contributed by atoms with E-state index in [1.165, 1.54) is 0 Å². The second kappa shape index (κ2) is 14.3. The molecule has 0 bridgehead atoms. The first-order valence-corrected chi connectivity index (χ1v) is 18.5. The van der Waals surface area contributed by atoms with Crippen molar-refractivity contribution < 1.29 is 14.3 Å². The fraction of sp³-hybridized carbons (Fsp3) is 0.262. The largest absolute Gasteiger partial charge is 0.377 e. The number of pyridine rings is 1. The van der Waals surface area contributed by atoms with Crippen molar-refractivity contribution in [2.45, 2.75) is 32.2 Å². The van der Waals surface area contributed by atoms with Crippen LogP contribution in [0.2, 0.25) is 10.0 Å². The highest BCUT2D eigenvalue weighted by Crippen LogP contribution is 2.53. The molecule has 8 rings (SSSR count). The number of nitrogens with one attached hydrogen (secondary N) is 2. The number of H-pyrrole nitrogens is 1. The van der Waals surface area contributed by atoms with Crippen LogP contribution in [0.25, 0.3) is 22.2 Å². The van der Waals surface area contributed by atoms with Crippen LogP contribution < -0.4 is 10.2 Å². The van der Waals surface area contributed by atoms with Gasteiger partial charge in [0.05, 0.1) is 17.4 Å². The average molecular weight is 733 g/mol. The SMILES string of the molecule is COCC(=O)C1CCN(c2ncccc2NC(=O)c2[nH]c3cc(Cl)cc4c3c2C2=C(c3ccccc3)C(C)CC=CN2C4c2ccc(Cl)cc2)CC1. The van der Waals surface area contributed by atoms with Crippen LogP contribution in [-0.4, -0.2) is 53.4 Å². The summed E-state index contributed by atoms with van der Waals surface area (Å²) < 4.78 is 5.09. The standard InChI is InChI=1S/C42H39Cl2N5O3/c1-25-8-7-19-49-39(28-12-14-29(43)15-13-28)31-22-30(44)23-33-36(31)37(40(49)35(25)27-9-4-3-5-10-27)38(46-33)42(51)47-32-11-6-18-45-41(32)48-20-16-26(17-21-48)34(50)24-52-2/h3-7,9-15,18-19,22-23,25-26,39,46H,8,16-17,20-21,24H2,1-2H3,(H,47,51). The Hall–Kier alpha value is -4.89. The van der Waals surface area contributed by atoms with Gasteiger partial charge in [0.1, 0.15) is 12.3 Å². The van der Waals surface area contributed by atoms with Gasteiger partial charge in [-0.1, -0.05) is 78.7 Å². The number of ether oxygens (including phenoxy) is 1. The van der Waals surface area contributed by atoms with Crippen molar-refractivity contribution in [1.29, 1.82) is 0 Å². The number of rotatable bonds is 8. The summed E-state index contributed by atoms with van der Waals surface area (Å²) >= 11 is 13.2. The molecule has 5 heterocycles. The molecule has 10 heteroatoms. The molecule has 1 amide bonds. The molecule has 3 aromatic carbocycles. The van der Waals surface area contributed by atoms with Gasteiger partial charge in [0.2, 0.25) is 0 Å². The zero-order valence-electron chi connectivity index (χ0n) is 29.0. The number of methoxy groups -OCH3 is 1. The fourth-order valence-electron chi connectivity index (χ4n) is 8.15. The molecular formula is C42H39Cl2N5O3. The van der Waals surface area contributed by atoms with Gasteiger partial charge in [-0.15, -0.1) is 0 Å². The Labute approximate surface area is 313 Å². The third kappa shape index (κ3) is 6.19. The van der Waals surface area contributed by atoms with Crippen molar-refractivity contribution in [3.8, 4) is 0 Å². The number of carbonyl (C=O) groups excluding carboxylic acids is 2. The minimum absolute atomic E-state index is 0.0406. The number of amides is 1. The number of piperidine rings is 1. The quantitative estimate of drug-likeness (QED) is 0.165. The summed E-state index contributed by atoms with van der Waals surface area (Å²) in [6.07, 6.45) is 8.35. The molecule has 0 spiro atoms. The van der Waals surface area contributed by atoms with Crippen molar-refractivity contribution in [3.63, 3.8) is 0 Å². The summed E-state index contributed by atoms with van der Waals surface area (Å²) in [6, 6.07) is 25.8. The number of hydrogen-bond donors (Lipinski definition) is 2. The number of hydrogen-bond acceptors (Lipinski definition) is 6. The molecule has 52 heavy (non-hydrogen) atoms. The summed E-state index contributed by atoms with van der Waals surface area (Å²) in [7, 11) is 1.55. The predicted octanol–water partition coefficient (Wildman–Crippen LogP) is 9.38. The van der Waals surface area contributed by atoms with Crippen LogP contribution in [0.3, 0.4) is 0 Å². The van der Waals surface area contributed by atoms with Crippen LogP contribution >= 0.6 is 23.2 Å². The number of anilines is 2. The predicted molar refractivity (Wildman–Crippen MR) is 209 cm³/mol. The molecule has 8 nitrogen and oxygen atoms in total. The number of ketones is 1. The normalized spacial score (nSPS) is 18.8. The molecule has 0 saturated carbocycles. The van der Waals surface area contributed by atoms with Gasteiger partial charge in [-0.2, -0.15) is 0 Å². The van der Waals surface area contributed by atoms with Crippen LogP contribution in [0, 0.1) is 11.8 Å². The van der Waals surface area contributed by atoms with Crippen molar-refractivity contribution in [2.75, 3.05) is 37.0 Å². The number of carbonyl (C=O) groups is 2. The summed E-state index contributed by atoms with van der Waals surface area (Å²) in [5.74, 6) is 0.646. The Balaban J connectivity index is 1.27. The highest BCUT2D eigenvalue weighted by molar-refractivity contribution is 6.32. The van der Waals surface area contributed by atoms with E-state index in [1.807, 2.05) is 42.5 Å². The van der Waals surface area contributed by atoms with Gasteiger partial charge in [0.25, 0.3) is 5.91 Å². The monoisotopic (exact) mass is 731 g/mol. The number of allylic oxidation sites excluding steroid dienone is 2. The van der Waals surface area contributed by atoms with E-state index in [0.29, 0.717) is 53.2 Å². The number of Topliss-reactive ketones (excluding diaryl/α,β-unsaturated/α-hetero) is 1. The van der Waals surface area contributed by atoms with E-state index < -0.39 is 0 Å². The lowest BCUT2D eigenvalue weighted by molar-refractivity contribution is -0.127. The second-order valence-corrected chi connectivity index (χ2v) is 14.7. The third-order valence-corrected chi connectivity index (χ3v) is 11.0. The van der Waals surface area contributed by atoms with E-state index in [9.17, 15) is 9.59 Å². The van der Waals surface area contributed by atoms with Crippen molar-refractivity contribution >= 4 is 68.6 Å². The lowest BCUT2D eigenvalue weighted by Gasteiger charge is -2.39. The second-order valence-electron chi connectivity index (χ2n) is 13.8. The molecule has 1 saturated heterocycles. The van der Waals surface area contributed by atoms with E-state index in [4.69, 9.17) is 32.9 Å². The number of benzene rings is 3. The van der Waals surface area contributed by atoms with E-state index in [1.54, 1.807) is 13.3 Å². The summed E-state index contributed by atoms with van der Waals surface area (Å²) in [5.41, 5.74) is 7.98. The molecule has 3 aliphatic heterocycles. The lowest BCUT2D eigenvalue weighted by atomic mass is 9.82. The molecule has 2 N–H and O–H groups in total. The minimum atomic E-state index is -0.279. The molecule has 2 atom stereocenters. The van der Waals surface area contributed by atoms with Crippen molar-refractivity contribution in [1.82, 2.24) is 14.9 Å². The maximum absolute atomic E-state index is 14.8. The smallest absolute Gasteiger partial charge is 0.272 e. The first kappa shape index (κ1) is 34.2. The Morgan fingerprint density at radius 1 is 0.981 bits per heavy atom. The van der Waals surface area contributed by atoms with Gasteiger partial charge in [0, 0.05) is 65.0 Å². The molecule has 0 radical (unpaired) electrons. The molecule has 5 aromatic rings. The van der Waals surface area contributed by atoms with E-state index in [-0.39, 0.29) is 36.2 Å². The van der Waals surface area contributed by atoms with E-state index >= 15 is 0 Å². The first-order valence-electron chi connectivity index (χ1n) is 17.7. The maximum Gasteiger partial charge on any atom is 0.272 e. The fourth-order valence-corrected chi connectivity index (χ4v) is 8.50. The molecule has 264 valence electrons. The van der Waals surface area contributed by atoms with Crippen LogP contribution in [0.4, 0.5) is 11.5 Å². The van der Waals surface area contributed by atoms with Crippen molar-refractivity contribution in [3.05, 3.63) is 135 Å². The maximum atomic E-state index is 14.8. The van der Waals surface area contributed by atoms with Gasteiger partial charge in [-0.25, -0.2) is 4.98 Å². The Bertz CT molecular complexity index is 2220. The molecule has 1 fully saturated rings. The van der Waals surface area contributed by atoms with Crippen LogP contribution in [0.1, 0.15) is 65.0 Å². The number of nitrogens with zero attached hydrogens (tertiary/aromatic N) is 3. The van der Waals surface area contributed by atoms with Crippen LogP contribution in [-0.2, 0) is 9.53 Å². The molecule has 0 aliphatic carbocycles. The summed E-state index contributed by atoms with van der Waals surface area (Å²) in [5, 5.41) is 5.43. The number of aromatic nitrogens is 2. The van der Waals surface area contributed by atoms with E-state index in [0.717, 1.165) is 50.8 Å². The van der Waals surface area contributed by atoms with Crippen LogP contribution in [0.15, 0.2) is 97.3 Å². The Morgan fingerprint density at radius 2 is 1.75 bits per heavy atom.